The molecule has 1 atom stereocenters. The first-order valence-corrected chi connectivity index (χ1v) is 7.03. The Morgan fingerprint density at radius 3 is 2.25 bits per heavy atom. The Labute approximate surface area is 127 Å². The van der Waals surface area contributed by atoms with E-state index < -0.39 is 9.75 Å². The Morgan fingerprint density at radius 2 is 1.80 bits per heavy atom. The average Bonchev–Trinajstić information content (AvgIpc) is 2.92. The second-order valence-corrected chi connectivity index (χ2v) is 6.70. The number of carbonyl (C=O) groups is 2. The fourth-order valence-electron chi connectivity index (χ4n) is 1.89. The molecule has 0 heterocycles. The van der Waals surface area contributed by atoms with Gasteiger partial charge in [-0.2, -0.15) is 0 Å². The summed E-state index contributed by atoms with van der Waals surface area (Å²) in [5.41, 5.74) is 0.800. The molecule has 1 aromatic carbocycles. The molecule has 108 valence electrons. The van der Waals surface area contributed by atoms with Gasteiger partial charge in [0.1, 0.15) is 4.33 Å². The summed E-state index contributed by atoms with van der Waals surface area (Å²) < 4.78 is -0.976. The normalized spacial score (nSPS) is 23.0. The van der Waals surface area contributed by atoms with Crippen LogP contribution in [0.15, 0.2) is 24.3 Å². The van der Waals surface area contributed by atoms with Gasteiger partial charge in [0.15, 0.2) is 0 Å². The van der Waals surface area contributed by atoms with E-state index in [0.29, 0.717) is 18.5 Å². The molecule has 2 rings (SSSR count). The van der Waals surface area contributed by atoms with Gasteiger partial charge in [0, 0.05) is 12.7 Å². The highest BCUT2D eigenvalue weighted by Crippen LogP contribution is 2.64. The summed E-state index contributed by atoms with van der Waals surface area (Å²) in [5.74, 6) is -0.247. The quantitative estimate of drug-likeness (QED) is 0.839. The number of rotatable bonds is 4. The molecule has 0 radical (unpaired) electrons. The number of nitrogens with one attached hydrogen (secondary N) is 2. The molecule has 1 aliphatic carbocycles. The molecule has 1 aromatic rings. The van der Waals surface area contributed by atoms with Gasteiger partial charge in [0.2, 0.25) is 11.8 Å². The standard InChI is InChI=1S/C14H16Cl2N2O2/c1-13(8-14(13,15)16)12(20)18-10-5-3-9(4-6-10)7-11(19)17-2/h3-6H,7-8H2,1-2H3,(H,17,19)(H,18,20). The second kappa shape index (κ2) is 5.26. The fourth-order valence-corrected chi connectivity index (χ4v) is 2.60. The maximum absolute atomic E-state index is 12.1. The van der Waals surface area contributed by atoms with Crippen molar-refractivity contribution in [1.82, 2.24) is 5.32 Å². The Kier molecular flexibility index (Phi) is 3.98. The predicted molar refractivity (Wildman–Crippen MR) is 80.0 cm³/mol. The smallest absolute Gasteiger partial charge is 0.233 e. The maximum Gasteiger partial charge on any atom is 0.233 e. The highest BCUT2D eigenvalue weighted by atomic mass is 35.5. The van der Waals surface area contributed by atoms with Crippen LogP contribution in [0.5, 0.6) is 0 Å². The van der Waals surface area contributed by atoms with E-state index in [4.69, 9.17) is 23.2 Å². The van der Waals surface area contributed by atoms with E-state index in [1.165, 1.54) is 0 Å². The molecule has 0 saturated heterocycles. The van der Waals surface area contributed by atoms with Gasteiger partial charge in [-0.25, -0.2) is 0 Å². The number of benzene rings is 1. The fraction of sp³-hybridized carbons (Fsp3) is 0.429. The van der Waals surface area contributed by atoms with E-state index >= 15 is 0 Å². The minimum Gasteiger partial charge on any atom is -0.359 e. The summed E-state index contributed by atoms with van der Waals surface area (Å²) in [6.07, 6.45) is 0.763. The van der Waals surface area contributed by atoms with E-state index in [1.54, 1.807) is 38.2 Å². The monoisotopic (exact) mass is 314 g/mol. The lowest BCUT2D eigenvalue weighted by Gasteiger charge is -2.13. The summed E-state index contributed by atoms with van der Waals surface area (Å²) in [7, 11) is 1.60. The molecule has 0 spiro atoms. The summed E-state index contributed by atoms with van der Waals surface area (Å²) in [6, 6.07) is 7.11. The summed E-state index contributed by atoms with van der Waals surface area (Å²) in [4.78, 5) is 23.3. The Balaban J connectivity index is 1.98. The number of alkyl halides is 2. The highest BCUT2D eigenvalue weighted by Gasteiger charge is 2.67. The zero-order valence-electron chi connectivity index (χ0n) is 11.3. The molecule has 4 nitrogen and oxygen atoms in total. The van der Waals surface area contributed by atoms with Crippen LogP contribution in [0.4, 0.5) is 5.69 Å². The van der Waals surface area contributed by atoms with Crippen LogP contribution in [0.3, 0.4) is 0 Å². The molecule has 20 heavy (non-hydrogen) atoms. The second-order valence-electron chi connectivity index (χ2n) is 5.21. The van der Waals surface area contributed by atoms with Crippen LogP contribution in [0, 0.1) is 5.41 Å². The van der Waals surface area contributed by atoms with Crippen molar-refractivity contribution in [2.45, 2.75) is 24.1 Å². The largest absolute Gasteiger partial charge is 0.359 e. The van der Waals surface area contributed by atoms with Crippen LogP contribution in [-0.2, 0) is 16.0 Å². The summed E-state index contributed by atoms with van der Waals surface area (Å²) in [5, 5.41) is 5.35. The van der Waals surface area contributed by atoms with Crippen molar-refractivity contribution in [3.05, 3.63) is 29.8 Å². The third-order valence-corrected chi connectivity index (χ3v) is 4.72. The maximum atomic E-state index is 12.1. The first-order valence-electron chi connectivity index (χ1n) is 6.27. The minimum atomic E-state index is -0.976. The van der Waals surface area contributed by atoms with Gasteiger partial charge in [-0.05, 0) is 31.0 Å². The number of hydrogen-bond acceptors (Lipinski definition) is 2. The van der Waals surface area contributed by atoms with E-state index in [0.717, 1.165) is 5.56 Å². The number of hydrogen-bond donors (Lipinski definition) is 2. The minimum absolute atomic E-state index is 0.0543. The molecule has 2 amide bonds. The van der Waals surface area contributed by atoms with Crippen LogP contribution in [-0.4, -0.2) is 23.2 Å². The van der Waals surface area contributed by atoms with Gasteiger partial charge in [0.25, 0.3) is 0 Å². The Bertz CT molecular complexity index is 543. The first-order chi connectivity index (χ1) is 9.28. The van der Waals surface area contributed by atoms with Gasteiger partial charge in [-0.3, -0.25) is 9.59 Å². The molecule has 6 heteroatoms. The molecule has 0 bridgehead atoms. The van der Waals surface area contributed by atoms with Crippen molar-refractivity contribution in [1.29, 1.82) is 0 Å². The van der Waals surface area contributed by atoms with Crippen molar-refractivity contribution >= 4 is 40.7 Å². The van der Waals surface area contributed by atoms with Gasteiger partial charge >= 0.3 is 0 Å². The molecule has 1 saturated carbocycles. The lowest BCUT2D eigenvalue weighted by molar-refractivity contribution is -0.121. The third-order valence-electron chi connectivity index (χ3n) is 3.61. The van der Waals surface area contributed by atoms with Crippen LogP contribution in [0.2, 0.25) is 0 Å². The van der Waals surface area contributed by atoms with Crippen molar-refractivity contribution in [2.24, 2.45) is 5.41 Å². The molecule has 1 unspecified atom stereocenters. The topological polar surface area (TPSA) is 58.2 Å². The average molecular weight is 315 g/mol. The van der Waals surface area contributed by atoms with Crippen LogP contribution < -0.4 is 10.6 Å². The zero-order chi connectivity index (χ0) is 15.0. The number of likely N-dealkylation sites (N-methyl/N-ethyl adjacent to an activating group) is 1. The number of amides is 2. The highest BCUT2D eigenvalue weighted by molar-refractivity contribution is 6.53. The van der Waals surface area contributed by atoms with E-state index in [2.05, 4.69) is 10.6 Å². The summed E-state index contributed by atoms with van der Waals surface area (Å²) in [6.45, 7) is 1.74. The lowest BCUT2D eigenvalue weighted by atomic mass is 10.1. The van der Waals surface area contributed by atoms with Gasteiger partial charge < -0.3 is 10.6 Å². The molecule has 2 N–H and O–H groups in total. The molecule has 0 aliphatic heterocycles. The van der Waals surface area contributed by atoms with E-state index in [1.807, 2.05) is 0 Å². The van der Waals surface area contributed by atoms with Gasteiger partial charge in [-0.1, -0.05) is 12.1 Å². The molecule has 0 aromatic heterocycles. The van der Waals surface area contributed by atoms with Crippen molar-refractivity contribution in [3.63, 3.8) is 0 Å². The molecule has 1 fully saturated rings. The SMILES string of the molecule is CNC(=O)Cc1ccc(NC(=O)C2(C)CC2(Cl)Cl)cc1. The number of anilines is 1. The van der Waals surface area contributed by atoms with Gasteiger partial charge in [-0.15, -0.1) is 23.2 Å². The summed E-state index contributed by atoms with van der Waals surface area (Å²) >= 11 is 11.9. The van der Waals surface area contributed by atoms with Crippen molar-refractivity contribution < 1.29 is 9.59 Å². The lowest BCUT2D eigenvalue weighted by Crippen LogP contribution is -2.26. The first kappa shape index (κ1) is 15.1. The number of carbonyl (C=O) groups excluding carboxylic acids is 2. The van der Waals surface area contributed by atoms with Crippen molar-refractivity contribution in [3.8, 4) is 0 Å². The van der Waals surface area contributed by atoms with Crippen LogP contribution >= 0.6 is 23.2 Å². The molecular weight excluding hydrogens is 299 g/mol. The van der Waals surface area contributed by atoms with Crippen LogP contribution in [0.1, 0.15) is 18.9 Å². The van der Waals surface area contributed by atoms with E-state index in [-0.39, 0.29) is 11.8 Å². The molecular formula is C14H16Cl2N2O2. The van der Waals surface area contributed by atoms with E-state index in [9.17, 15) is 9.59 Å². The van der Waals surface area contributed by atoms with Crippen molar-refractivity contribution in [2.75, 3.05) is 12.4 Å². The zero-order valence-corrected chi connectivity index (χ0v) is 12.8. The van der Waals surface area contributed by atoms with Crippen LogP contribution in [0.25, 0.3) is 0 Å². The Hall–Kier alpha value is -1.26. The Morgan fingerprint density at radius 1 is 1.25 bits per heavy atom. The van der Waals surface area contributed by atoms with Gasteiger partial charge in [0.05, 0.1) is 11.8 Å². The third kappa shape index (κ3) is 2.91. The number of halogens is 2. The molecule has 1 aliphatic rings. The predicted octanol–water partition coefficient (Wildman–Crippen LogP) is 2.50.